The second kappa shape index (κ2) is 6.52. The smallest absolute Gasteiger partial charge is 0.0779 e. The van der Waals surface area contributed by atoms with Gasteiger partial charge in [0.25, 0.3) is 0 Å². The third-order valence-electron chi connectivity index (χ3n) is 5.12. The fourth-order valence-corrected chi connectivity index (χ4v) is 10.8. The lowest BCUT2D eigenvalue weighted by Gasteiger charge is -2.36. The van der Waals surface area contributed by atoms with Crippen molar-refractivity contribution in [2.45, 2.75) is 66.5 Å². The van der Waals surface area contributed by atoms with Gasteiger partial charge in [-0.2, -0.15) is 0 Å². The molecule has 0 aromatic rings. The van der Waals surface area contributed by atoms with Crippen LogP contribution in [0.1, 0.15) is 54.4 Å². The molecule has 0 radical (unpaired) electrons. The molecule has 2 rings (SSSR count). The highest BCUT2D eigenvalue weighted by atomic mass is 28.3. The normalized spacial score (nSPS) is 25.6. The molecule has 2 atom stereocenters. The van der Waals surface area contributed by atoms with Crippen LogP contribution in [0.15, 0.2) is 45.8 Å². The molecule has 2 aliphatic carbocycles. The van der Waals surface area contributed by atoms with E-state index in [1.54, 1.807) is 21.5 Å². The molecular weight excluding hydrogens is 268 g/mol. The maximum Gasteiger partial charge on any atom is 0.118 e. The van der Waals surface area contributed by atoms with Crippen LogP contribution in [0.3, 0.4) is 0 Å². The summed E-state index contributed by atoms with van der Waals surface area (Å²) in [6.45, 7) is 14.1. The zero-order chi connectivity index (χ0) is 15.6. The molecule has 0 fully saturated rings. The summed E-state index contributed by atoms with van der Waals surface area (Å²) < 4.78 is 0. The first kappa shape index (κ1) is 16.5. The van der Waals surface area contributed by atoms with Crippen molar-refractivity contribution in [3.63, 3.8) is 0 Å². The van der Waals surface area contributed by atoms with Crippen molar-refractivity contribution in [3.8, 4) is 0 Å². The summed E-state index contributed by atoms with van der Waals surface area (Å²) in [5, 5.41) is 3.51. The van der Waals surface area contributed by atoms with Gasteiger partial charge in [-0.3, -0.25) is 0 Å². The Labute approximate surface area is 132 Å². The van der Waals surface area contributed by atoms with Gasteiger partial charge < -0.3 is 0 Å². The number of hydrogen-bond acceptors (Lipinski definition) is 0. The molecule has 116 valence electrons. The van der Waals surface area contributed by atoms with Crippen molar-refractivity contribution in [3.05, 3.63) is 45.8 Å². The molecule has 2 aliphatic rings. The molecule has 0 N–H and O–H groups in total. The first-order chi connectivity index (χ1) is 9.94. The van der Waals surface area contributed by atoms with Gasteiger partial charge in [-0.25, -0.2) is 0 Å². The maximum atomic E-state index is 2.59. The average Bonchev–Trinajstić information content (AvgIpc) is 2.91. The largest absolute Gasteiger partial charge is 0.118 e. The molecule has 0 saturated carbocycles. The summed E-state index contributed by atoms with van der Waals surface area (Å²) >= 11 is 0. The van der Waals surface area contributed by atoms with E-state index in [9.17, 15) is 0 Å². The van der Waals surface area contributed by atoms with Crippen LogP contribution in [0.2, 0.25) is 12.1 Å². The Bertz CT molecular complexity index is 468. The van der Waals surface area contributed by atoms with Crippen LogP contribution in [0, 0.1) is 11.8 Å². The molecule has 0 aromatic carbocycles. The second-order valence-corrected chi connectivity index (χ2v) is 11.4. The fourth-order valence-electron chi connectivity index (χ4n) is 4.59. The van der Waals surface area contributed by atoms with Crippen molar-refractivity contribution in [2.24, 2.45) is 11.8 Å². The molecule has 0 nitrogen and oxygen atoms in total. The Balaban J connectivity index is 2.55. The van der Waals surface area contributed by atoms with Gasteiger partial charge in [-0.05, 0) is 37.8 Å². The minimum atomic E-state index is -1.55. The van der Waals surface area contributed by atoms with Gasteiger partial charge in [-0.1, -0.05) is 86.4 Å². The standard InChI is InChI=1S/C20H32Si/c1-7-9-21(10-8-2,19-13-15(3)11-17(19)5)20-14-16(4)12-18(20)6/h11-16H,7-10H2,1-6H3. The third kappa shape index (κ3) is 3.04. The van der Waals surface area contributed by atoms with E-state index in [1.807, 2.05) is 0 Å². The Kier molecular flexibility index (Phi) is 5.14. The van der Waals surface area contributed by atoms with Crippen LogP contribution in [-0.2, 0) is 0 Å². The first-order valence-electron chi connectivity index (χ1n) is 8.76. The predicted molar refractivity (Wildman–Crippen MR) is 98.0 cm³/mol. The topological polar surface area (TPSA) is 0 Å². The van der Waals surface area contributed by atoms with Crippen LogP contribution < -0.4 is 0 Å². The van der Waals surface area contributed by atoms with Gasteiger partial charge in [0.05, 0.1) is 0 Å². The van der Waals surface area contributed by atoms with Gasteiger partial charge in [0.2, 0.25) is 0 Å². The third-order valence-corrected chi connectivity index (χ3v) is 11.0. The zero-order valence-corrected chi connectivity index (χ0v) is 15.8. The SMILES string of the molecule is CCC[Si](CCC)(C1=CC(C)C=C1C)C1=CC(C)C=C1C. The highest BCUT2D eigenvalue weighted by molar-refractivity contribution is 6.94. The lowest BCUT2D eigenvalue weighted by molar-refractivity contribution is 0.947. The summed E-state index contributed by atoms with van der Waals surface area (Å²) in [6, 6.07) is 2.82. The van der Waals surface area contributed by atoms with Crippen LogP contribution in [0.4, 0.5) is 0 Å². The van der Waals surface area contributed by atoms with Gasteiger partial charge in [0, 0.05) is 0 Å². The average molecular weight is 301 g/mol. The maximum absolute atomic E-state index is 2.59. The van der Waals surface area contributed by atoms with E-state index in [0.717, 1.165) is 0 Å². The van der Waals surface area contributed by atoms with Crippen molar-refractivity contribution >= 4 is 8.07 Å². The fraction of sp³-hybridized carbons (Fsp3) is 0.600. The molecular formula is C20H32Si. The first-order valence-corrected chi connectivity index (χ1v) is 11.2. The summed E-state index contributed by atoms with van der Waals surface area (Å²) in [6.07, 6.45) is 12.7. The van der Waals surface area contributed by atoms with Crippen LogP contribution >= 0.6 is 0 Å². The molecule has 0 bridgehead atoms. The molecule has 2 unspecified atom stereocenters. The van der Waals surface area contributed by atoms with Crippen molar-refractivity contribution in [2.75, 3.05) is 0 Å². The van der Waals surface area contributed by atoms with E-state index in [-0.39, 0.29) is 0 Å². The Morgan fingerprint density at radius 2 is 1.14 bits per heavy atom. The molecule has 21 heavy (non-hydrogen) atoms. The zero-order valence-electron chi connectivity index (χ0n) is 14.8. The van der Waals surface area contributed by atoms with Crippen molar-refractivity contribution in [1.82, 2.24) is 0 Å². The summed E-state index contributed by atoms with van der Waals surface area (Å²) in [4.78, 5) is 0. The highest BCUT2D eigenvalue weighted by Crippen LogP contribution is 2.45. The van der Waals surface area contributed by atoms with Gasteiger partial charge >= 0.3 is 0 Å². The predicted octanol–water partition coefficient (Wildman–Crippen LogP) is 6.38. The lowest BCUT2D eigenvalue weighted by Crippen LogP contribution is -2.40. The van der Waals surface area contributed by atoms with Crippen LogP contribution in [0.25, 0.3) is 0 Å². The van der Waals surface area contributed by atoms with E-state index < -0.39 is 8.07 Å². The number of allylic oxidation sites excluding steroid dienone is 8. The Hall–Kier alpha value is -0.823. The van der Waals surface area contributed by atoms with Gasteiger partial charge in [0.15, 0.2) is 0 Å². The van der Waals surface area contributed by atoms with Crippen molar-refractivity contribution < 1.29 is 0 Å². The van der Waals surface area contributed by atoms with Gasteiger partial charge in [-0.15, -0.1) is 0 Å². The number of hydrogen-bond donors (Lipinski definition) is 0. The summed E-state index contributed by atoms with van der Waals surface area (Å²) in [7, 11) is -1.55. The lowest BCUT2D eigenvalue weighted by atomic mass is 10.2. The minimum absolute atomic E-state index is 0.629. The molecule has 0 aromatic heterocycles. The van der Waals surface area contributed by atoms with E-state index in [4.69, 9.17) is 0 Å². The van der Waals surface area contributed by atoms with Gasteiger partial charge in [0.1, 0.15) is 8.07 Å². The summed E-state index contributed by atoms with van der Waals surface area (Å²) in [5.41, 5.74) is 3.15. The Morgan fingerprint density at radius 1 is 0.762 bits per heavy atom. The molecule has 1 heteroatoms. The van der Waals surface area contributed by atoms with E-state index in [2.05, 4.69) is 65.8 Å². The Morgan fingerprint density at radius 3 is 1.38 bits per heavy atom. The van der Waals surface area contributed by atoms with E-state index in [0.29, 0.717) is 11.8 Å². The summed E-state index contributed by atoms with van der Waals surface area (Å²) in [5.74, 6) is 1.26. The monoisotopic (exact) mass is 300 g/mol. The molecule has 0 spiro atoms. The van der Waals surface area contributed by atoms with Crippen LogP contribution in [0.5, 0.6) is 0 Å². The molecule has 0 amide bonds. The van der Waals surface area contributed by atoms with E-state index in [1.165, 1.54) is 24.9 Å². The molecule has 0 saturated heterocycles. The highest BCUT2D eigenvalue weighted by Gasteiger charge is 2.42. The molecule has 0 heterocycles. The number of rotatable bonds is 6. The quantitative estimate of drug-likeness (QED) is 0.499. The van der Waals surface area contributed by atoms with E-state index >= 15 is 0 Å². The van der Waals surface area contributed by atoms with Crippen LogP contribution in [-0.4, -0.2) is 8.07 Å². The minimum Gasteiger partial charge on any atom is -0.0779 e. The second-order valence-electron chi connectivity index (χ2n) is 7.16. The van der Waals surface area contributed by atoms with Crippen molar-refractivity contribution in [1.29, 1.82) is 0 Å². The molecule has 0 aliphatic heterocycles.